The van der Waals surface area contributed by atoms with Crippen LogP contribution in [0, 0.1) is 33.8 Å². The second kappa shape index (κ2) is 29.8. The number of carbonyl (C=O) groups is 4. The van der Waals surface area contributed by atoms with Crippen molar-refractivity contribution in [3.63, 3.8) is 0 Å². The van der Waals surface area contributed by atoms with Crippen molar-refractivity contribution >= 4 is 40.6 Å². The van der Waals surface area contributed by atoms with Crippen LogP contribution >= 0.6 is 0 Å². The van der Waals surface area contributed by atoms with Gasteiger partial charge >= 0.3 is 0 Å². The number of carbonyl (C=O) groups excluding carboxylic acids is 4. The Hall–Kier alpha value is -4.48. The molecule has 346 valence electrons. The number of nitro groups is 1. The summed E-state index contributed by atoms with van der Waals surface area (Å²) in [7, 11) is 0. The van der Waals surface area contributed by atoms with Crippen molar-refractivity contribution in [3.8, 4) is 0 Å². The predicted molar refractivity (Wildman–Crippen MR) is 252 cm³/mol. The molecule has 0 heterocycles. The molecule has 0 saturated carbocycles. The van der Waals surface area contributed by atoms with Gasteiger partial charge in [0, 0.05) is 55.1 Å². The van der Waals surface area contributed by atoms with Gasteiger partial charge in [0.05, 0.1) is 10.6 Å². The highest BCUT2D eigenvalue weighted by Crippen LogP contribution is 2.27. The van der Waals surface area contributed by atoms with Crippen molar-refractivity contribution in [2.24, 2.45) is 33.9 Å². The third kappa shape index (κ3) is 18.5. The summed E-state index contributed by atoms with van der Waals surface area (Å²) in [6.07, 6.45) is 16.5. The molecule has 0 aliphatic rings. The fourth-order valence-corrected chi connectivity index (χ4v) is 8.00. The highest BCUT2D eigenvalue weighted by molar-refractivity contribution is 6.10. The number of nitrogens with one attached hydrogen (secondary N) is 1. The van der Waals surface area contributed by atoms with Crippen LogP contribution in [-0.2, 0) is 9.59 Å². The Morgan fingerprint density at radius 3 is 1.29 bits per heavy atom. The molecule has 0 bridgehead atoms. The van der Waals surface area contributed by atoms with Gasteiger partial charge in [-0.2, -0.15) is 10.2 Å². The van der Waals surface area contributed by atoms with Crippen LogP contribution in [-0.4, -0.2) is 70.4 Å². The largest absolute Gasteiger partial charge is 0.338 e. The topological polar surface area (TPSA) is 155 Å². The van der Waals surface area contributed by atoms with Gasteiger partial charge in [0.1, 0.15) is 0 Å². The third-order valence-electron chi connectivity index (χ3n) is 12.3. The predicted octanol–water partition coefficient (Wildman–Crippen LogP) is 13.0. The van der Waals surface area contributed by atoms with Crippen molar-refractivity contribution < 1.29 is 24.1 Å². The number of anilines is 1. The van der Waals surface area contributed by atoms with Gasteiger partial charge < -0.3 is 15.1 Å². The number of non-ortho nitro benzene ring substituents is 1. The summed E-state index contributed by atoms with van der Waals surface area (Å²) in [6.45, 7) is 21.1. The lowest BCUT2D eigenvalue weighted by Gasteiger charge is -2.32. The molecule has 2 aromatic rings. The number of hydrogen-bond donors (Lipinski definition) is 1. The van der Waals surface area contributed by atoms with Gasteiger partial charge in [-0.25, -0.2) is 0 Å². The van der Waals surface area contributed by atoms with Gasteiger partial charge in [-0.1, -0.05) is 132 Å². The molecule has 5 unspecified atom stereocenters. The quantitative estimate of drug-likeness (QED) is 0.0334. The summed E-state index contributed by atoms with van der Waals surface area (Å²) in [6, 6.07) is 8.68. The Balaban J connectivity index is 2.79. The molecule has 0 aliphatic carbocycles. The molecule has 0 saturated heterocycles. The third-order valence-corrected chi connectivity index (χ3v) is 12.3. The molecule has 12 nitrogen and oxygen atoms in total. The Bertz CT molecular complexity index is 1590. The summed E-state index contributed by atoms with van der Waals surface area (Å²) < 4.78 is 0. The molecule has 0 radical (unpaired) electrons. The monoisotopic (exact) mass is 861 g/mol. The van der Waals surface area contributed by atoms with E-state index in [4.69, 9.17) is 0 Å². The van der Waals surface area contributed by atoms with Gasteiger partial charge in [-0.3, -0.25) is 29.3 Å². The molecule has 2 rings (SSSR count). The van der Waals surface area contributed by atoms with E-state index in [9.17, 15) is 29.3 Å². The van der Waals surface area contributed by atoms with E-state index in [1.807, 2.05) is 9.80 Å². The van der Waals surface area contributed by atoms with Crippen LogP contribution in [0.1, 0.15) is 186 Å². The fraction of sp³-hybridized carbons (Fsp3) is 0.680. The molecule has 0 aromatic heterocycles. The van der Waals surface area contributed by atoms with Crippen molar-refractivity contribution in [3.05, 3.63) is 63.7 Å². The Labute approximate surface area is 373 Å². The zero-order valence-corrected chi connectivity index (χ0v) is 39.8. The van der Waals surface area contributed by atoms with E-state index < -0.39 is 22.7 Å². The van der Waals surface area contributed by atoms with Crippen LogP contribution in [0.5, 0.6) is 0 Å². The van der Waals surface area contributed by atoms with Crippen molar-refractivity contribution in [1.29, 1.82) is 0 Å². The number of ketones is 1. The van der Waals surface area contributed by atoms with E-state index in [0.717, 1.165) is 103 Å². The summed E-state index contributed by atoms with van der Waals surface area (Å²) in [5.74, 6) is -0.356. The maximum atomic E-state index is 15.0. The number of nitrogens with zero attached hydrogens (tertiary/aromatic N) is 5. The first-order valence-corrected chi connectivity index (χ1v) is 24.0. The minimum atomic E-state index is -1.54. The van der Waals surface area contributed by atoms with E-state index in [0.29, 0.717) is 61.0 Å². The summed E-state index contributed by atoms with van der Waals surface area (Å²) >= 11 is 0. The zero-order chi connectivity index (χ0) is 46.0. The molecule has 0 fully saturated rings. The number of Topliss-reactive ketones (excluding diaryl/α,β-unsaturated/α-hetero) is 1. The normalized spacial score (nSPS) is 13.9. The minimum absolute atomic E-state index is 0.141. The van der Waals surface area contributed by atoms with Crippen molar-refractivity contribution in [2.75, 3.05) is 31.5 Å². The number of azo groups is 1. The molecule has 0 aliphatic heterocycles. The first kappa shape index (κ1) is 53.7. The molecular formula is C50H80N6O6. The van der Waals surface area contributed by atoms with E-state index in [2.05, 4.69) is 70.9 Å². The van der Waals surface area contributed by atoms with Crippen LogP contribution in [0.2, 0.25) is 0 Å². The highest BCUT2D eigenvalue weighted by Gasteiger charge is 2.28. The van der Waals surface area contributed by atoms with Crippen LogP contribution in [0.3, 0.4) is 0 Å². The van der Waals surface area contributed by atoms with Gasteiger partial charge in [0.25, 0.3) is 23.4 Å². The second-order valence-electron chi connectivity index (χ2n) is 17.4. The van der Waals surface area contributed by atoms with E-state index in [1.165, 1.54) is 31.2 Å². The van der Waals surface area contributed by atoms with E-state index >= 15 is 0 Å². The number of amides is 3. The lowest BCUT2D eigenvalue weighted by atomic mass is 9.94. The maximum Gasteiger partial charge on any atom is 0.269 e. The lowest BCUT2D eigenvalue weighted by Crippen LogP contribution is -2.40. The first-order chi connectivity index (χ1) is 29.8. The fourth-order valence-electron chi connectivity index (χ4n) is 8.00. The first-order valence-electron chi connectivity index (χ1n) is 24.0. The van der Waals surface area contributed by atoms with Gasteiger partial charge in [0.15, 0.2) is 5.78 Å². The maximum absolute atomic E-state index is 15.0. The standard InChI is InChI=1S/C50H80N6O6/c1-10-18-22-38(14-5)33-54(34-39(15-6)23-19-11-2)49(59)42-30-43(50(60)55(35-40(16-7)24-20-12-3)36-41(17-8)25-21-13-4)32-45(31-42)52-53-47(37(9)57)48(58)51-44-26-28-46(29-27-44)56(61)62/h26-32,38-41,47H,10-25,33-36H2,1-9H3,(H,51,58). The van der Waals surface area contributed by atoms with E-state index in [-0.39, 0.29) is 28.9 Å². The number of hydrogen-bond acceptors (Lipinski definition) is 8. The Morgan fingerprint density at radius 2 is 0.984 bits per heavy atom. The zero-order valence-electron chi connectivity index (χ0n) is 39.8. The Kier molecular flexibility index (Phi) is 25.7. The minimum Gasteiger partial charge on any atom is -0.338 e. The summed E-state index contributed by atoms with van der Waals surface area (Å²) in [5.41, 5.74) is 0.959. The average Bonchev–Trinajstić information content (AvgIpc) is 3.27. The molecule has 5 atom stereocenters. The lowest BCUT2D eigenvalue weighted by molar-refractivity contribution is -0.384. The molecule has 12 heteroatoms. The number of rotatable bonds is 32. The highest BCUT2D eigenvalue weighted by atomic mass is 16.6. The second-order valence-corrected chi connectivity index (χ2v) is 17.4. The van der Waals surface area contributed by atoms with Crippen LogP contribution in [0.4, 0.5) is 17.1 Å². The van der Waals surface area contributed by atoms with Gasteiger partial charge in [0.2, 0.25) is 6.04 Å². The van der Waals surface area contributed by atoms with Crippen LogP contribution in [0.25, 0.3) is 0 Å². The molecular weight excluding hydrogens is 781 g/mol. The SMILES string of the molecule is CCCCC(CC)CN(CC(CC)CCCC)C(=O)c1cc(N=NC(C(C)=O)C(=O)Nc2ccc([N+](=O)[O-])cc2)cc(C(=O)N(CC(CC)CCCC)CC(CC)CCCC)c1. The molecule has 2 aromatic carbocycles. The molecule has 1 N–H and O–H groups in total. The van der Waals surface area contributed by atoms with Gasteiger partial charge in [-0.15, -0.1) is 0 Å². The Morgan fingerprint density at radius 1 is 0.613 bits per heavy atom. The number of benzene rings is 2. The van der Waals surface area contributed by atoms with Gasteiger partial charge in [-0.05, 0) is 86.6 Å². The van der Waals surface area contributed by atoms with E-state index in [1.54, 1.807) is 18.2 Å². The van der Waals surface area contributed by atoms with Crippen molar-refractivity contribution in [2.45, 2.75) is 171 Å². The molecule has 3 amide bonds. The number of unbranched alkanes of at least 4 members (excludes halogenated alkanes) is 4. The summed E-state index contributed by atoms with van der Waals surface area (Å²) in [5, 5.41) is 22.4. The summed E-state index contributed by atoms with van der Waals surface area (Å²) in [4.78, 5) is 70.8. The smallest absolute Gasteiger partial charge is 0.269 e. The molecule has 62 heavy (non-hydrogen) atoms. The molecule has 0 spiro atoms. The number of nitro benzene ring substituents is 1. The van der Waals surface area contributed by atoms with Crippen LogP contribution in [0.15, 0.2) is 52.7 Å². The van der Waals surface area contributed by atoms with Crippen LogP contribution < -0.4 is 5.32 Å². The van der Waals surface area contributed by atoms with Crippen molar-refractivity contribution in [1.82, 2.24) is 9.80 Å². The average molecular weight is 861 g/mol.